The van der Waals surface area contributed by atoms with Crippen LogP contribution in [0.4, 0.5) is 0 Å². The third-order valence-electron chi connectivity index (χ3n) is 4.19. The van der Waals surface area contributed by atoms with E-state index in [1.165, 1.54) is 50.0 Å². The molecule has 158 valence electrons. The molecule has 0 aromatic carbocycles. The Morgan fingerprint density at radius 3 is 1.69 bits per heavy atom. The second-order valence-corrected chi connectivity index (χ2v) is 14.6. The molecule has 1 atom stereocenters. The van der Waals surface area contributed by atoms with Crippen LogP contribution in [0.3, 0.4) is 0 Å². The Hall–Kier alpha value is 0.850. The quantitative estimate of drug-likeness (QED) is 0.157. The van der Waals surface area contributed by atoms with Crippen molar-refractivity contribution in [2.24, 2.45) is 5.41 Å². The lowest BCUT2D eigenvalue weighted by molar-refractivity contribution is -0.204. The molecule has 0 aliphatic rings. The van der Waals surface area contributed by atoms with E-state index in [4.69, 9.17) is 4.52 Å². The predicted molar refractivity (Wildman–Crippen MR) is 119 cm³/mol. The molecular formula is C20H42O3PS2-. The smallest absolute Gasteiger partial charge is 0.140 e. The molecule has 0 saturated heterocycles. The highest BCUT2D eigenvalue weighted by atomic mass is 33.1. The van der Waals surface area contributed by atoms with E-state index < -0.39 is 12.8 Å². The van der Waals surface area contributed by atoms with E-state index in [2.05, 4.69) is 20.8 Å². The summed E-state index contributed by atoms with van der Waals surface area (Å²) >= 11 is 0. The average molecular weight is 426 g/mol. The van der Waals surface area contributed by atoms with Crippen molar-refractivity contribution in [1.82, 2.24) is 0 Å². The van der Waals surface area contributed by atoms with Crippen molar-refractivity contribution < 1.29 is 14.0 Å². The van der Waals surface area contributed by atoms with Crippen molar-refractivity contribution in [3.05, 3.63) is 0 Å². The minimum Gasteiger partial charge on any atom is -0.778 e. The first kappa shape index (κ1) is 26.9. The van der Waals surface area contributed by atoms with Crippen molar-refractivity contribution >= 4 is 29.2 Å². The lowest BCUT2D eigenvalue weighted by Gasteiger charge is -2.35. The molecule has 0 radical (unpaired) electrons. The molecule has 6 heteroatoms. The van der Waals surface area contributed by atoms with Crippen molar-refractivity contribution in [2.45, 2.75) is 104 Å². The van der Waals surface area contributed by atoms with Gasteiger partial charge in [0.1, 0.15) is 7.60 Å². The van der Waals surface area contributed by atoms with Gasteiger partial charge in [0, 0.05) is 16.7 Å². The van der Waals surface area contributed by atoms with Gasteiger partial charge in [0.25, 0.3) is 0 Å². The molecule has 0 fully saturated rings. The maximum absolute atomic E-state index is 11.8. The van der Waals surface area contributed by atoms with Crippen LogP contribution in [0.25, 0.3) is 0 Å². The van der Waals surface area contributed by atoms with Crippen LogP contribution < -0.4 is 4.89 Å². The van der Waals surface area contributed by atoms with Gasteiger partial charge in [-0.15, -0.1) is 0 Å². The summed E-state index contributed by atoms with van der Waals surface area (Å²) in [5.74, 6) is 2.46. The Labute approximate surface area is 171 Å². The Morgan fingerprint density at radius 2 is 1.23 bits per heavy atom. The van der Waals surface area contributed by atoms with E-state index in [9.17, 15) is 9.46 Å². The van der Waals surface area contributed by atoms with Crippen LogP contribution in [0.15, 0.2) is 0 Å². The minimum absolute atomic E-state index is 0.329. The Balaban J connectivity index is 3.29. The zero-order chi connectivity index (χ0) is 20.1. The molecule has 0 rings (SSSR count). The normalized spacial score (nSPS) is 15.2. The fourth-order valence-corrected chi connectivity index (χ4v) is 5.33. The predicted octanol–water partition coefficient (Wildman–Crippen LogP) is 7.29. The van der Waals surface area contributed by atoms with Crippen molar-refractivity contribution in [1.29, 1.82) is 0 Å². The molecule has 26 heavy (non-hydrogen) atoms. The molecule has 0 amide bonds. The first-order valence-corrected chi connectivity index (χ1v) is 14.2. The van der Waals surface area contributed by atoms with Gasteiger partial charge in [-0.3, -0.25) is 0 Å². The highest BCUT2D eigenvalue weighted by Crippen LogP contribution is 2.50. The fourth-order valence-electron chi connectivity index (χ4n) is 2.28. The van der Waals surface area contributed by atoms with Gasteiger partial charge in [0.15, 0.2) is 0 Å². The van der Waals surface area contributed by atoms with Crippen molar-refractivity contribution in [3.63, 3.8) is 0 Å². The van der Waals surface area contributed by atoms with Gasteiger partial charge >= 0.3 is 0 Å². The summed E-state index contributed by atoms with van der Waals surface area (Å²) in [4.78, 5) is 11.8. The van der Waals surface area contributed by atoms with Crippen LogP contribution in [0.5, 0.6) is 0 Å². The van der Waals surface area contributed by atoms with Crippen LogP contribution in [0.1, 0.15) is 99.3 Å². The summed E-state index contributed by atoms with van der Waals surface area (Å²) in [7, 11) is 0.262. The average Bonchev–Trinajstić information content (AvgIpc) is 2.48. The highest BCUT2D eigenvalue weighted by molar-refractivity contribution is 8.76. The third-order valence-corrected chi connectivity index (χ3v) is 8.94. The first-order chi connectivity index (χ1) is 12.0. The summed E-state index contributed by atoms with van der Waals surface area (Å²) in [6, 6.07) is 0. The monoisotopic (exact) mass is 425 g/mol. The van der Waals surface area contributed by atoms with E-state index in [0.29, 0.717) is 12.0 Å². The lowest BCUT2D eigenvalue weighted by atomic mass is 9.89. The largest absolute Gasteiger partial charge is 0.778 e. The number of hydrogen-bond donors (Lipinski definition) is 0. The van der Waals surface area contributed by atoms with E-state index in [1.807, 2.05) is 21.6 Å². The van der Waals surface area contributed by atoms with E-state index in [-0.39, 0.29) is 0 Å². The van der Waals surface area contributed by atoms with Crippen LogP contribution in [0, 0.1) is 5.41 Å². The number of unbranched alkanes of at least 4 members (excludes halogenated alkanes) is 6. The van der Waals surface area contributed by atoms with Crippen LogP contribution in [-0.2, 0) is 9.09 Å². The number of hydrogen-bond acceptors (Lipinski definition) is 5. The summed E-state index contributed by atoms with van der Waals surface area (Å²) in [6.45, 7) is 12.3. The van der Waals surface area contributed by atoms with Gasteiger partial charge in [-0.05, 0) is 31.1 Å². The van der Waals surface area contributed by atoms with E-state index >= 15 is 0 Å². The number of rotatable bonds is 15. The molecule has 0 aromatic rings. The molecule has 0 bridgehead atoms. The van der Waals surface area contributed by atoms with Gasteiger partial charge in [-0.25, -0.2) is 0 Å². The van der Waals surface area contributed by atoms with E-state index in [0.717, 1.165) is 19.3 Å². The standard InChI is InChI=1S/C20H43O3PS2/c1-19(2,3)15-11-7-9-13-17-25-26-18-14-10-8-12-16-23-24(21,22)20(4,5)6/h7-18H2,1-6H3,(H,21,22)/p-1. The lowest BCUT2D eigenvalue weighted by Crippen LogP contribution is -2.25. The van der Waals surface area contributed by atoms with Crippen molar-refractivity contribution in [2.75, 3.05) is 18.1 Å². The molecule has 0 N–H and O–H groups in total. The highest BCUT2D eigenvalue weighted by Gasteiger charge is 2.26. The van der Waals surface area contributed by atoms with Crippen LogP contribution >= 0.6 is 29.2 Å². The molecule has 0 aliphatic heterocycles. The Kier molecular flexibility index (Phi) is 14.4. The zero-order valence-corrected chi connectivity index (χ0v) is 20.5. The van der Waals surface area contributed by atoms with Crippen LogP contribution in [0.2, 0.25) is 0 Å². The molecule has 0 spiro atoms. The third kappa shape index (κ3) is 15.9. The van der Waals surface area contributed by atoms with Gasteiger partial charge in [-0.2, -0.15) is 0 Å². The molecule has 0 aliphatic carbocycles. The molecule has 3 nitrogen and oxygen atoms in total. The fraction of sp³-hybridized carbons (Fsp3) is 1.00. The summed E-state index contributed by atoms with van der Waals surface area (Å²) < 4.78 is 16.9. The summed E-state index contributed by atoms with van der Waals surface area (Å²) in [6.07, 6.45) is 11.0. The summed E-state index contributed by atoms with van der Waals surface area (Å²) in [5, 5.41) is -0.798. The van der Waals surface area contributed by atoms with Gasteiger partial charge in [0.05, 0.1) is 6.61 Å². The van der Waals surface area contributed by atoms with Crippen molar-refractivity contribution in [3.8, 4) is 0 Å². The second kappa shape index (κ2) is 13.9. The molecule has 0 saturated carbocycles. The molecule has 0 heterocycles. The molecular weight excluding hydrogens is 383 g/mol. The maximum atomic E-state index is 11.8. The van der Waals surface area contributed by atoms with E-state index in [1.54, 1.807) is 20.8 Å². The summed E-state index contributed by atoms with van der Waals surface area (Å²) in [5.41, 5.74) is 0.484. The topological polar surface area (TPSA) is 49.4 Å². The molecule has 0 aromatic heterocycles. The second-order valence-electron chi connectivity index (χ2n) is 9.28. The maximum Gasteiger partial charge on any atom is 0.140 e. The Morgan fingerprint density at radius 1 is 0.769 bits per heavy atom. The minimum atomic E-state index is -3.73. The Bertz CT molecular complexity index is 389. The SMILES string of the molecule is CC(C)(C)CCCCCCSSCCCCCCOP(=O)([O-])C(C)(C)C. The van der Waals surface area contributed by atoms with Gasteiger partial charge in [-0.1, -0.05) is 95.2 Å². The van der Waals surface area contributed by atoms with Gasteiger partial charge in [0.2, 0.25) is 0 Å². The van der Waals surface area contributed by atoms with Gasteiger partial charge < -0.3 is 14.0 Å². The van der Waals surface area contributed by atoms with Crippen LogP contribution in [-0.4, -0.2) is 23.3 Å². The molecule has 1 unspecified atom stereocenters. The first-order valence-electron chi connectivity index (χ1n) is 10.2. The zero-order valence-electron chi connectivity index (χ0n) is 18.0.